The van der Waals surface area contributed by atoms with Crippen molar-refractivity contribution in [1.29, 1.82) is 0 Å². The molecule has 0 aliphatic carbocycles. The molecule has 1 amide bonds. The highest BCUT2D eigenvalue weighted by Gasteiger charge is 2.41. The van der Waals surface area contributed by atoms with Gasteiger partial charge in [0.25, 0.3) is 5.91 Å². The molecule has 1 N–H and O–H groups in total. The Kier molecular flexibility index (Phi) is 4.20. The minimum absolute atomic E-state index is 0.0222. The van der Waals surface area contributed by atoms with Gasteiger partial charge in [0.2, 0.25) is 0 Å². The molecule has 1 aliphatic heterocycles. The van der Waals surface area contributed by atoms with Gasteiger partial charge < -0.3 is 10.0 Å². The molecule has 4 nitrogen and oxygen atoms in total. The van der Waals surface area contributed by atoms with E-state index < -0.39 is 24.0 Å². The molecule has 1 saturated heterocycles. The van der Waals surface area contributed by atoms with E-state index in [0.29, 0.717) is 0 Å². The number of hydrogen-bond acceptors (Lipinski definition) is 2. The fourth-order valence-corrected chi connectivity index (χ4v) is 2.38. The van der Waals surface area contributed by atoms with Gasteiger partial charge in [-0.05, 0) is 31.0 Å². The van der Waals surface area contributed by atoms with Crippen molar-refractivity contribution in [3.8, 4) is 0 Å². The minimum Gasteiger partial charge on any atom is -0.478 e. The van der Waals surface area contributed by atoms with Crippen LogP contribution in [0.25, 0.3) is 0 Å². The predicted octanol–water partition coefficient (Wildman–Crippen LogP) is 2.80. The molecule has 114 valence electrons. The Balaban J connectivity index is 2.05. The van der Waals surface area contributed by atoms with E-state index in [1.165, 1.54) is 29.2 Å². The second kappa shape index (κ2) is 5.75. The summed E-state index contributed by atoms with van der Waals surface area (Å²) in [6, 6.07) is 5.50. The van der Waals surface area contributed by atoms with Crippen LogP contribution in [-0.2, 0) is 0 Å². The van der Waals surface area contributed by atoms with Crippen molar-refractivity contribution in [3.63, 3.8) is 0 Å². The molecular formula is C14H14F3NO3. The topological polar surface area (TPSA) is 57.6 Å². The van der Waals surface area contributed by atoms with Gasteiger partial charge in [-0.25, -0.2) is 4.79 Å². The molecule has 0 spiro atoms. The third-order valence-corrected chi connectivity index (χ3v) is 3.60. The number of likely N-dealkylation sites (tertiary alicyclic amines) is 1. The SMILES string of the molecule is O=C(O)c1cccc(C(=O)N2CCC(C(F)(F)F)CC2)c1. The number of nitrogens with zero attached hydrogens (tertiary/aromatic N) is 1. The molecule has 0 bridgehead atoms. The van der Waals surface area contributed by atoms with Crippen LogP contribution in [0.5, 0.6) is 0 Å². The van der Waals surface area contributed by atoms with E-state index >= 15 is 0 Å². The molecule has 2 rings (SSSR count). The van der Waals surface area contributed by atoms with Crippen LogP contribution in [0.1, 0.15) is 33.6 Å². The van der Waals surface area contributed by atoms with Gasteiger partial charge in [-0.15, -0.1) is 0 Å². The number of piperidine rings is 1. The maximum absolute atomic E-state index is 12.6. The van der Waals surface area contributed by atoms with Crippen LogP contribution in [0.3, 0.4) is 0 Å². The quantitative estimate of drug-likeness (QED) is 0.914. The third kappa shape index (κ3) is 3.53. The van der Waals surface area contributed by atoms with Gasteiger partial charge in [0, 0.05) is 18.7 Å². The zero-order chi connectivity index (χ0) is 15.6. The smallest absolute Gasteiger partial charge is 0.391 e. The number of amides is 1. The summed E-state index contributed by atoms with van der Waals surface area (Å²) in [5.74, 6) is -2.95. The molecule has 21 heavy (non-hydrogen) atoms. The van der Waals surface area contributed by atoms with Gasteiger partial charge in [0.05, 0.1) is 11.5 Å². The van der Waals surface area contributed by atoms with Crippen molar-refractivity contribution >= 4 is 11.9 Å². The molecular weight excluding hydrogens is 287 g/mol. The Bertz CT molecular complexity index is 549. The number of carbonyl (C=O) groups is 2. The lowest BCUT2D eigenvalue weighted by atomic mass is 9.95. The number of carbonyl (C=O) groups excluding carboxylic acids is 1. The number of rotatable bonds is 2. The summed E-state index contributed by atoms with van der Waals surface area (Å²) in [7, 11) is 0. The molecule has 0 saturated carbocycles. The second-order valence-corrected chi connectivity index (χ2v) is 4.99. The number of carboxylic acid groups (broad SMARTS) is 1. The lowest BCUT2D eigenvalue weighted by Crippen LogP contribution is -2.42. The Labute approximate surface area is 119 Å². The van der Waals surface area contributed by atoms with Crippen LogP contribution in [-0.4, -0.2) is 41.1 Å². The zero-order valence-corrected chi connectivity index (χ0v) is 11.1. The fourth-order valence-electron chi connectivity index (χ4n) is 2.38. The van der Waals surface area contributed by atoms with E-state index in [4.69, 9.17) is 5.11 Å². The van der Waals surface area contributed by atoms with Gasteiger partial charge in [0.15, 0.2) is 0 Å². The average molecular weight is 301 g/mol. The van der Waals surface area contributed by atoms with Crippen molar-refractivity contribution < 1.29 is 27.9 Å². The first kappa shape index (κ1) is 15.3. The molecule has 0 aromatic heterocycles. The highest BCUT2D eigenvalue weighted by atomic mass is 19.4. The van der Waals surface area contributed by atoms with Gasteiger partial charge in [-0.1, -0.05) is 6.07 Å². The Morgan fingerprint density at radius 2 is 1.71 bits per heavy atom. The summed E-state index contributed by atoms with van der Waals surface area (Å²) in [5, 5.41) is 8.88. The molecule has 0 atom stereocenters. The fraction of sp³-hybridized carbons (Fsp3) is 0.429. The van der Waals surface area contributed by atoms with Crippen molar-refractivity contribution in [2.24, 2.45) is 5.92 Å². The minimum atomic E-state index is -4.22. The van der Waals surface area contributed by atoms with Crippen LogP contribution in [0.2, 0.25) is 0 Å². The van der Waals surface area contributed by atoms with Crippen molar-refractivity contribution in [2.45, 2.75) is 19.0 Å². The summed E-state index contributed by atoms with van der Waals surface area (Å²) in [4.78, 5) is 24.4. The Morgan fingerprint density at radius 1 is 1.14 bits per heavy atom. The van der Waals surface area contributed by atoms with Crippen LogP contribution in [0.4, 0.5) is 13.2 Å². The molecule has 1 aromatic rings. The molecule has 7 heteroatoms. The molecule has 0 unspecified atom stereocenters. The van der Waals surface area contributed by atoms with Gasteiger partial charge in [0.1, 0.15) is 0 Å². The monoisotopic (exact) mass is 301 g/mol. The number of hydrogen-bond donors (Lipinski definition) is 1. The number of aromatic carboxylic acids is 1. The first-order valence-corrected chi connectivity index (χ1v) is 6.48. The lowest BCUT2D eigenvalue weighted by molar-refractivity contribution is -0.183. The first-order chi connectivity index (χ1) is 9.79. The van der Waals surface area contributed by atoms with Gasteiger partial charge in [-0.2, -0.15) is 13.2 Å². The summed E-state index contributed by atoms with van der Waals surface area (Å²) in [6.07, 6.45) is -4.46. The number of alkyl halides is 3. The van der Waals surface area contributed by atoms with Crippen LogP contribution in [0, 0.1) is 5.92 Å². The highest BCUT2D eigenvalue weighted by molar-refractivity contribution is 5.97. The normalized spacial score (nSPS) is 16.8. The summed E-state index contributed by atoms with van der Waals surface area (Å²) in [6.45, 7) is 0.0562. The summed E-state index contributed by atoms with van der Waals surface area (Å²) < 4.78 is 37.7. The second-order valence-electron chi connectivity index (χ2n) is 4.99. The van der Waals surface area contributed by atoms with Crippen LogP contribution < -0.4 is 0 Å². The first-order valence-electron chi connectivity index (χ1n) is 6.48. The average Bonchev–Trinajstić information content (AvgIpc) is 2.46. The zero-order valence-electron chi connectivity index (χ0n) is 11.1. The number of benzene rings is 1. The standard InChI is InChI=1S/C14H14F3NO3/c15-14(16,17)11-4-6-18(7-5-11)12(19)9-2-1-3-10(8-9)13(20)21/h1-3,8,11H,4-7H2,(H,20,21). The lowest BCUT2D eigenvalue weighted by Gasteiger charge is -2.33. The number of carboxylic acids is 1. The van der Waals surface area contributed by atoms with E-state index in [2.05, 4.69) is 0 Å². The predicted molar refractivity (Wildman–Crippen MR) is 68.1 cm³/mol. The Hall–Kier alpha value is -2.05. The molecule has 1 aliphatic rings. The van der Waals surface area contributed by atoms with E-state index in [9.17, 15) is 22.8 Å². The van der Waals surface area contributed by atoms with E-state index in [1.807, 2.05) is 0 Å². The van der Waals surface area contributed by atoms with E-state index in [-0.39, 0.29) is 37.1 Å². The van der Waals surface area contributed by atoms with Crippen molar-refractivity contribution in [3.05, 3.63) is 35.4 Å². The van der Waals surface area contributed by atoms with Crippen LogP contribution >= 0.6 is 0 Å². The largest absolute Gasteiger partial charge is 0.478 e. The molecule has 1 heterocycles. The molecule has 1 fully saturated rings. The summed E-state index contributed by atoms with van der Waals surface area (Å²) >= 11 is 0. The highest BCUT2D eigenvalue weighted by Crippen LogP contribution is 2.34. The van der Waals surface area contributed by atoms with Crippen LogP contribution in [0.15, 0.2) is 24.3 Å². The van der Waals surface area contributed by atoms with E-state index in [1.54, 1.807) is 0 Å². The summed E-state index contributed by atoms with van der Waals surface area (Å²) in [5.41, 5.74) is 0.159. The maximum Gasteiger partial charge on any atom is 0.391 e. The van der Waals surface area contributed by atoms with E-state index in [0.717, 1.165) is 0 Å². The van der Waals surface area contributed by atoms with Crippen molar-refractivity contribution in [1.82, 2.24) is 4.90 Å². The molecule has 0 radical (unpaired) electrons. The third-order valence-electron chi connectivity index (χ3n) is 3.60. The maximum atomic E-state index is 12.6. The number of halogens is 3. The van der Waals surface area contributed by atoms with Gasteiger partial charge in [-0.3, -0.25) is 4.79 Å². The molecule has 1 aromatic carbocycles. The van der Waals surface area contributed by atoms with Crippen molar-refractivity contribution in [2.75, 3.05) is 13.1 Å². The van der Waals surface area contributed by atoms with Gasteiger partial charge >= 0.3 is 12.1 Å². The Morgan fingerprint density at radius 3 is 2.24 bits per heavy atom.